The van der Waals surface area contributed by atoms with Gasteiger partial charge in [0.2, 0.25) is 0 Å². The molecule has 3 heterocycles. The van der Waals surface area contributed by atoms with Gasteiger partial charge in [-0.15, -0.1) is 0 Å². The van der Waals surface area contributed by atoms with E-state index in [2.05, 4.69) is 29.2 Å². The van der Waals surface area contributed by atoms with Gasteiger partial charge in [0.05, 0.1) is 27.9 Å². The zero-order valence-electron chi connectivity index (χ0n) is 17.2. The number of aromatic nitrogens is 2. The van der Waals surface area contributed by atoms with Crippen molar-refractivity contribution in [2.45, 2.75) is 0 Å². The number of hydrogen-bond donors (Lipinski definition) is 0. The Morgan fingerprint density at radius 2 is 1.38 bits per heavy atom. The fourth-order valence-electron chi connectivity index (χ4n) is 4.28. The highest BCUT2D eigenvalue weighted by atomic mass is 16.2. The quantitative estimate of drug-likeness (QED) is 0.288. The summed E-state index contributed by atoms with van der Waals surface area (Å²) in [5, 5.41) is 2.10. The van der Waals surface area contributed by atoms with E-state index in [-0.39, 0.29) is 11.8 Å². The predicted octanol–water partition coefficient (Wildman–Crippen LogP) is 5.34. The van der Waals surface area contributed by atoms with Gasteiger partial charge in [0.15, 0.2) is 0 Å². The monoisotopic (exact) mass is 415 g/mol. The molecule has 2 aromatic heterocycles. The van der Waals surface area contributed by atoms with Crippen LogP contribution in [0.3, 0.4) is 0 Å². The minimum atomic E-state index is -0.265. The summed E-state index contributed by atoms with van der Waals surface area (Å²) in [7, 11) is 1.51. The minimum Gasteiger partial charge on any atom is -0.277 e. The first kappa shape index (κ1) is 18.4. The summed E-state index contributed by atoms with van der Waals surface area (Å²) in [5.41, 5.74) is 6.31. The maximum absolute atomic E-state index is 12.4. The molecule has 152 valence electrons. The molecule has 5 aromatic rings. The summed E-state index contributed by atoms with van der Waals surface area (Å²) in [5.74, 6) is -0.523. The van der Waals surface area contributed by atoms with Crippen LogP contribution in [-0.2, 0) is 0 Å². The molecule has 2 amide bonds. The van der Waals surface area contributed by atoms with Crippen molar-refractivity contribution in [2.24, 2.45) is 0 Å². The van der Waals surface area contributed by atoms with Gasteiger partial charge in [-0.2, -0.15) is 0 Å². The van der Waals surface area contributed by atoms with Gasteiger partial charge in [0.25, 0.3) is 11.8 Å². The molecule has 1 aliphatic heterocycles. The van der Waals surface area contributed by atoms with Crippen molar-refractivity contribution in [3.05, 3.63) is 96.2 Å². The van der Waals surface area contributed by atoms with E-state index in [1.165, 1.54) is 7.05 Å². The van der Waals surface area contributed by atoms with Crippen LogP contribution in [0.5, 0.6) is 0 Å². The van der Waals surface area contributed by atoms with Gasteiger partial charge < -0.3 is 0 Å². The fraction of sp³-hybridized carbons (Fsp3) is 0.0370. The lowest BCUT2D eigenvalue weighted by molar-refractivity contribution is 0.0693. The Morgan fingerprint density at radius 1 is 0.656 bits per heavy atom. The molecule has 5 heteroatoms. The molecular weight excluding hydrogens is 398 g/mol. The molecule has 0 radical (unpaired) electrons. The van der Waals surface area contributed by atoms with Crippen molar-refractivity contribution >= 4 is 33.6 Å². The molecule has 32 heavy (non-hydrogen) atoms. The molecule has 1 aliphatic rings. The third-order valence-corrected chi connectivity index (χ3v) is 6.01. The van der Waals surface area contributed by atoms with Crippen LogP contribution in [0.15, 0.2) is 85.1 Å². The maximum atomic E-state index is 12.4. The van der Waals surface area contributed by atoms with Crippen molar-refractivity contribution in [3.63, 3.8) is 0 Å². The first-order valence-corrected chi connectivity index (χ1v) is 10.3. The Balaban J connectivity index is 1.46. The van der Waals surface area contributed by atoms with Crippen LogP contribution in [0, 0.1) is 0 Å². The van der Waals surface area contributed by atoms with Gasteiger partial charge in [0.1, 0.15) is 0 Å². The number of pyridine rings is 2. The van der Waals surface area contributed by atoms with Crippen LogP contribution in [0.4, 0.5) is 0 Å². The third kappa shape index (κ3) is 2.72. The molecule has 3 aromatic carbocycles. The topological polar surface area (TPSA) is 63.2 Å². The number of rotatable bonds is 2. The normalized spacial score (nSPS) is 13.2. The van der Waals surface area contributed by atoms with Crippen molar-refractivity contribution in [1.82, 2.24) is 14.9 Å². The number of amides is 2. The van der Waals surface area contributed by atoms with Crippen LogP contribution in [0.1, 0.15) is 20.7 Å². The van der Waals surface area contributed by atoms with E-state index >= 15 is 0 Å². The van der Waals surface area contributed by atoms with E-state index in [0.717, 1.165) is 49.1 Å². The Bertz CT molecular complexity index is 1590. The highest BCUT2D eigenvalue weighted by Gasteiger charge is 2.32. The maximum Gasteiger partial charge on any atom is 0.261 e. The molecule has 0 aliphatic carbocycles. The minimum absolute atomic E-state index is 0.258. The van der Waals surface area contributed by atoms with Crippen LogP contribution < -0.4 is 0 Å². The van der Waals surface area contributed by atoms with E-state index in [1.54, 1.807) is 18.3 Å². The largest absolute Gasteiger partial charge is 0.277 e. The lowest BCUT2D eigenvalue weighted by Gasteiger charge is -2.08. The van der Waals surface area contributed by atoms with Crippen molar-refractivity contribution in [2.75, 3.05) is 7.05 Å². The molecule has 0 saturated heterocycles. The number of benzene rings is 3. The molecule has 6 rings (SSSR count). The van der Waals surface area contributed by atoms with E-state index < -0.39 is 0 Å². The molecule has 5 nitrogen and oxygen atoms in total. The SMILES string of the molecule is CN1C(=O)c2ccc(-c3cccc(-c4ccc5ccc6cccnc6c5n4)c3)cc2C1=O. The van der Waals surface area contributed by atoms with Gasteiger partial charge in [-0.1, -0.05) is 48.5 Å². The van der Waals surface area contributed by atoms with Gasteiger partial charge in [0, 0.05) is 29.6 Å². The summed E-state index contributed by atoms with van der Waals surface area (Å²) in [4.78, 5) is 35.2. The first-order valence-electron chi connectivity index (χ1n) is 10.3. The number of nitrogens with zero attached hydrogens (tertiary/aromatic N) is 3. The van der Waals surface area contributed by atoms with E-state index in [0.29, 0.717) is 11.1 Å². The fourth-order valence-corrected chi connectivity index (χ4v) is 4.28. The van der Waals surface area contributed by atoms with Crippen molar-refractivity contribution in [3.8, 4) is 22.4 Å². The molecule has 0 N–H and O–H groups in total. The number of imide groups is 1. The third-order valence-electron chi connectivity index (χ3n) is 6.01. The van der Waals surface area contributed by atoms with Crippen molar-refractivity contribution < 1.29 is 9.59 Å². The average Bonchev–Trinajstić information content (AvgIpc) is 3.07. The summed E-state index contributed by atoms with van der Waals surface area (Å²) in [6.45, 7) is 0. The zero-order valence-corrected chi connectivity index (χ0v) is 17.2. The smallest absolute Gasteiger partial charge is 0.261 e. The van der Waals surface area contributed by atoms with E-state index in [9.17, 15) is 9.59 Å². The van der Waals surface area contributed by atoms with Crippen LogP contribution >= 0.6 is 0 Å². The van der Waals surface area contributed by atoms with Crippen LogP contribution in [0.25, 0.3) is 44.2 Å². The van der Waals surface area contributed by atoms with Crippen LogP contribution in [-0.4, -0.2) is 33.7 Å². The molecule has 0 unspecified atom stereocenters. The van der Waals surface area contributed by atoms with Gasteiger partial charge in [-0.25, -0.2) is 4.98 Å². The van der Waals surface area contributed by atoms with Gasteiger partial charge >= 0.3 is 0 Å². The molecule has 0 bridgehead atoms. The summed E-state index contributed by atoms with van der Waals surface area (Å²) >= 11 is 0. The molecule has 0 spiro atoms. The molecule has 0 saturated carbocycles. The second-order valence-electron chi connectivity index (χ2n) is 7.92. The Hall–Kier alpha value is -4.38. The number of carbonyl (C=O) groups excluding carboxylic acids is 2. The zero-order chi connectivity index (χ0) is 21.8. The molecule has 0 fully saturated rings. The lowest BCUT2D eigenvalue weighted by atomic mass is 9.97. The number of fused-ring (bicyclic) bond motifs is 4. The summed E-state index contributed by atoms with van der Waals surface area (Å²) < 4.78 is 0. The number of carbonyl (C=O) groups is 2. The van der Waals surface area contributed by atoms with E-state index in [1.807, 2.05) is 42.5 Å². The highest BCUT2D eigenvalue weighted by molar-refractivity contribution is 6.21. The predicted molar refractivity (Wildman–Crippen MR) is 124 cm³/mol. The second kappa shape index (κ2) is 6.82. The second-order valence-corrected chi connectivity index (χ2v) is 7.92. The van der Waals surface area contributed by atoms with Gasteiger partial charge in [-0.05, 0) is 41.5 Å². The Kier molecular flexibility index (Phi) is 3.92. The molecular formula is C27H17N3O2. The number of hydrogen-bond acceptors (Lipinski definition) is 4. The van der Waals surface area contributed by atoms with Crippen molar-refractivity contribution in [1.29, 1.82) is 0 Å². The van der Waals surface area contributed by atoms with Crippen LogP contribution in [0.2, 0.25) is 0 Å². The average molecular weight is 415 g/mol. The van der Waals surface area contributed by atoms with E-state index in [4.69, 9.17) is 4.98 Å². The Labute approximate surface area is 184 Å². The Morgan fingerprint density at radius 3 is 2.25 bits per heavy atom. The highest BCUT2D eigenvalue weighted by Crippen LogP contribution is 2.31. The van der Waals surface area contributed by atoms with Gasteiger partial charge in [-0.3, -0.25) is 19.5 Å². The lowest BCUT2D eigenvalue weighted by Crippen LogP contribution is -2.24. The molecule has 0 atom stereocenters. The summed E-state index contributed by atoms with van der Waals surface area (Å²) in [6, 6.07) is 25.6. The standard InChI is InChI=1S/C27H17N3O2/c1-30-26(31)21-11-9-19(15-22(21)27(30)32)18-4-2-5-20(14-18)23-12-10-17-8-7-16-6-3-13-28-24(16)25(17)29-23/h2-15H,1H3. The summed E-state index contributed by atoms with van der Waals surface area (Å²) in [6.07, 6.45) is 1.79. The first-order chi connectivity index (χ1) is 15.6.